The number of aromatic nitrogens is 2. The van der Waals surface area contributed by atoms with E-state index in [-0.39, 0.29) is 6.04 Å². The molecule has 5 heteroatoms. The van der Waals surface area contributed by atoms with E-state index in [1.165, 1.54) is 17.3 Å². The van der Waals surface area contributed by atoms with Crippen LogP contribution in [0.4, 0.5) is 0 Å². The number of nitrogens with two attached hydrogens (primary N) is 1. The molecule has 0 unspecified atom stereocenters. The highest BCUT2D eigenvalue weighted by Crippen LogP contribution is 2.24. The van der Waals surface area contributed by atoms with Crippen LogP contribution in [0.15, 0.2) is 46.0 Å². The number of benzene rings is 1. The van der Waals surface area contributed by atoms with Crippen LogP contribution < -0.4 is 5.73 Å². The standard InChI is InChI=1S/C16H21N3OS/c1-3-12(2)14(17)15-18-19-16(20-15)21-11-7-10-13-8-5-4-6-9-13/h4-10,12,14H,3,11,17H2,1-2H3/b10-7+/t12-,14-/m0/s1. The van der Waals surface area contributed by atoms with E-state index in [2.05, 4.69) is 48.3 Å². The fraction of sp³-hybridized carbons (Fsp3) is 0.375. The van der Waals surface area contributed by atoms with Crippen LogP contribution in [-0.2, 0) is 0 Å². The molecule has 0 bridgehead atoms. The summed E-state index contributed by atoms with van der Waals surface area (Å²) in [6.07, 6.45) is 5.15. The molecule has 0 radical (unpaired) electrons. The molecule has 1 aromatic heterocycles. The molecule has 0 amide bonds. The Bertz CT molecular complexity index is 568. The van der Waals surface area contributed by atoms with Crippen molar-refractivity contribution in [1.82, 2.24) is 10.2 Å². The molecule has 0 aliphatic rings. The molecule has 0 aliphatic heterocycles. The number of hydrogen-bond acceptors (Lipinski definition) is 5. The molecule has 21 heavy (non-hydrogen) atoms. The van der Waals surface area contributed by atoms with Crippen LogP contribution >= 0.6 is 11.8 Å². The van der Waals surface area contributed by atoms with Gasteiger partial charge in [-0.2, -0.15) is 0 Å². The van der Waals surface area contributed by atoms with Crippen LogP contribution in [0.25, 0.3) is 6.08 Å². The lowest BCUT2D eigenvalue weighted by atomic mass is 10.0. The van der Waals surface area contributed by atoms with Gasteiger partial charge in [0.2, 0.25) is 5.89 Å². The van der Waals surface area contributed by atoms with Gasteiger partial charge in [0.05, 0.1) is 6.04 Å². The van der Waals surface area contributed by atoms with Crippen molar-refractivity contribution in [1.29, 1.82) is 0 Å². The van der Waals surface area contributed by atoms with Gasteiger partial charge in [-0.3, -0.25) is 0 Å². The fourth-order valence-electron chi connectivity index (χ4n) is 1.78. The summed E-state index contributed by atoms with van der Waals surface area (Å²) in [5.41, 5.74) is 7.26. The summed E-state index contributed by atoms with van der Waals surface area (Å²) in [6.45, 7) is 4.19. The Balaban J connectivity index is 1.84. The maximum atomic E-state index is 6.07. The summed E-state index contributed by atoms with van der Waals surface area (Å²) in [6, 6.07) is 10.00. The Morgan fingerprint density at radius 1 is 1.29 bits per heavy atom. The smallest absolute Gasteiger partial charge is 0.276 e. The van der Waals surface area contributed by atoms with Crippen molar-refractivity contribution >= 4 is 17.8 Å². The second kappa shape index (κ2) is 8.00. The van der Waals surface area contributed by atoms with E-state index in [9.17, 15) is 0 Å². The quantitative estimate of drug-likeness (QED) is 0.785. The van der Waals surface area contributed by atoms with Gasteiger partial charge < -0.3 is 10.2 Å². The van der Waals surface area contributed by atoms with Crippen molar-refractivity contribution in [3.63, 3.8) is 0 Å². The normalized spacial score (nSPS) is 14.4. The Kier molecular flexibility index (Phi) is 6.02. The molecule has 0 spiro atoms. The minimum absolute atomic E-state index is 0.184. The van der Waals surface area contributed by atoms with Crippen LogP contribution in [0.3, 0.4) is 0 Å². The van der Waals surface area contributed by atoms with E-state index >= 15 is 0 Å². The predicted octanol–water partition coefficient (Wildman–Crippen LogP) is 3.92. The summed E-state index contributed by atoms with van der Waals surface area (Å²) in [4.78, 5) is 0. The van der Waals surface area contributed by atoms with Crippen LogP contribution in [0, 0.1) is 5.92 Å². The van der Waals surface area contributed by atoms with Crippen molar-refractivity contribution in [2.24, 2.45) is 11.7 Å². The lowest BCUT2D eigenvalue weighted by Crippen LogP contribution is -2.18. The molecule has 4 nitrogen and oxygen atoms in total. The SMILES string of the molecule is CC[C@H](C)[C@H](N)c1nnc(SC/C=C/c2ccccc2)o1. The molecular weight excluding hydrogens is 282 g/mol. The Morgan fingerprint density at radius 2 is 2.05 bits per heavy atom. The molecule has 0 saturated heterocycles. The number of thioether (sulfide) groups is 1. The molecule has 2 aromatic rings. The average Bonchev–Trinajstić information content (AvgIpc) is 3.00. The second-order valence-corrected chi connectivity index (χ2v) is 5.91. The number of rotatable bonds is 7. The molecule has 0 fully saturated rings. The molecule has 2 N–H and O–H groups in total. The minimum Gasteiger partial charge on any atom is -0.414 e. The summed E-state index contributed by atoms with van der Waals surface area (Å²) in [5.74, 6) is 1.65. The zero-order valence-electron chi connectivity index (χ0n) is 12.4. The fourth-order valence-corrected chi connectivity index (χ4v) is 2.36. The Labute approximate surface area is 129 Å². The molecule has 1 aromatic carbocycles. The summed E-state index contributed by atoms with van der Waals surface area (Å²) in [5, 5.41) is 8.64. The first kappa shape index (κ1) is 15.8. The van der Waals surface area contributed by atoms with Crippen LogP contribution in [0.2, 0.25) is 0 Å². The Hall–Kier alpha value is -1.59. The summed E-state index contributed by atoms with van der Waals surface area (Å²) < 4.78 is 5.60. The zero-order chi connectivity index (χ0) is 15.1. The van der Waals surface area contributed by atoms with E-state index in [1.807, 2.05) is 18.2 Å². The highest BCUT2D eigenvalue weighted by molar-refractivity contribution is 7.99. The van der Waals surface area contributed by atoms with Gasteiger partial charge in [-0.15, -0.1) is 10.2 Å². The second-order valence-electron chi connectivity index (χ2n) is 4.94. The summed E-state index contributed by atoms with van der Waals surface area (Å²) in [7, 11) is 0. The maximum absolute atomic E-state index is 6.07. The first-order valence-electron chi connectivity index (χ1n) is 7.14. The average molecular weight is 303 g/mol. The van der Waals surface area contributed by atoms with Crippen molar-refractivity contribution < 1.29 is 4.42 Å². The van der Waals surface area contributed by atoms with E-state index < -0.39 is 0 Å². The topological polar surface area (TPSA) is 64.9 Å². The molecular formula is C16H21N3OS. The van der Waals surface area contributed by atoms with Crippen LogP contribution in [0.5, 0.6) is 0 Å². The van der Waals surface area contributed by atoms with Gasteiger partial charge >= 0.3 is 0 Å². The van der Waals surface area contributed by atoms with E-state index in [0.717, 1.165) is 12.2 Å². The van der Waals surface area contributed by atoms with Crippen LogP contribution in [0.1, 0.15) is 37.8 Å². The van der Waals surface area contributed by atoms with E-state index in [4.69, 9.17) is 10.2 Å². The molecule has 1 heterocycles. The first-order valence-corrected chi connectivity index (χ1v) is 8.12. The number of nitrogens with zero attached hydrogens (tertiary/aromatic N) is 2. The first-order chi connectivity index (χ1) is 10.2. The molecule has 0 aliphatic carbocycles. The number of hydrogen-bond donors (Lipinski definition) is 1. The van der Waals surface area contributed by atoms with Gasteiger partial charge in [-0.05, 0) is 11.5 Å². The zero-order valence-corrected chi connectivity index (χ0v) is 13.2. The predicted molar refractivity (Wildman–Crippen MR) is 86.9 cm³/mol. The molecule has 2 rings (SSSR count). The van der Waals surface area contributed by atoms with E-state index in [1.54, 1.807) is 0 Å². The van der Waals surface area contributed by atoms with Crippen molar-refractivity contribution in [2.45, 2.75) is 31.5 Å². The van der Waals surface area contributed by atoms with E-state index in [0.29, 0.717) is 17.0 Å². The minimum atomic E-state index is -0.184. The van der Waals surface area contributed by atoms with Crippen molar-refractivity contribution in [3.8, 4) is 0 Å². The van der Waals surface area contributed by atoms with Gasteiger partial charge in [0.15, 0.2) is 0 Å². The van der Waals surface area contributed by atoms with Gasteiger partial charge in [0.25, 0.3) is 5.22 Å². The Morgan fingerprint density at radius 3 is 2.76 bits per heavy atom. The maximum Gasteiger partial charge on any atom is 0.276 e. The molecule has 2 atom stereocenters. The third kappa shape index (κ3) is 4.72. The highest BCUT2D eigenvalue weighted by Gasteiger charge is 2.19. The van der Waals surface area contributed by atoms with Crippen LogP contribution in [-0.4, -0.2) is 16.0 Å². The monoisotopic (exact) mass is 303 g/mol. The van der Waals surface area contributed by atoms with Crippen molar-refractivity contribution in [3.05, 3.63) is 47.9 Å². The van der Waals surface area contributed by atoms with Gasteiger partial charge in [-0.1, -0.05) is 74.5 Å². The third-order valence-corrected chi connectivity index (χ3v) is 4.15. The largest absolute Gasteiger partial charge is 0.414 e. The lowest BCUT2D eigenvalue weighted by Gasteiger charge is -2.13. The highest BCUT2D eigenvalue weighted by atomic mass is 32.2. The van der Waals surface area contributed by atoms with Gasteiger partial charge in [-0.25, -0.2) is 0 Å². The third-order valence-electron chi connectivity index (χ3n) is 3.38. The summed E-state index contributed by atoms with van der Waals surface area (Å²) >= 11 is 1.51. The van der Waals surface area contributed by atoms with Gasteiger partial charge in [0.1, 0.15) is 0 Å². The molecule has 112 valence electrons. The molecule has 0 saturated carbocycles. The lowest BCUT2D eigenvalue weighted by molar-refractivity contribution is 0.333. The van der Waals surface area contributed by atoms with Gasteiger partial charge in [0, 0.05) is 5.75 Å². The van der Waals surface area contributed by atoms with Crippen molar-refractivity contribution in [2.75, 3.05) is 5.75 Å².